The maximum Gasteiger partial charge on any atom is 0.251 e. The van der Waals surface area contributed by atoms with Crippen molar-refractivity contribution in [2.75, 3.05) is 13.1 Å². The van der Waals surface area contributed by atoms with Crippen LogP contribution in [0.25, 0.3) is 0 Å². The summed E-state index contributed by atoms with van der Waals surface area (Å²) in [6, 6.07) is 6.60. The van der Waals surface area contributed by atoms with Gasteiger partial charge in [0.05, 0.1) is 4.90 Å². The zero-order valence-electron chi connectivity index (χ0n) is 16.9. The first-order valence-corrected chi connectivity index (χ1v) is 12.2. The molecule has 2 saturated carbocycles. The van der Waals surface area contributed by atoms with Gasteiger partial charge < -0.3 is 5.32 Å². The van der Waals surface area contributed by atoms with E-state index in [0.717, 1.165) is 24.7 Å². The quantitative estimate of drug-likeness (QED) is 0.814. The summed E-state index contributed by atoms with van der Waals surface area (Å²) in [5.74, 6) is 2.68. The van der Waals surface area contributed by atoms with Crippen LogP contribution in [0.15, 0.2) is 29.2 Å². The highest BCUT2D eigenvalue weighted by Crippen LogP contribution is 2.49. The fraction of sp³-hybridized carbons (Fsp3) is 0.682. The summed E-state index contributed by atoms with van der Waals surface area (Å²) in [6.07, 6.45) is 7.02. The summed E-state index contributed by atoms with van der Waals surface area (Å²) in [4.78, 5) is 12.9. The van der Waals surface area contributed by atoms with Crippen molar-refractivity contribution < 1.29 is 13.2 Å². The molecule has 2 bridgehead atoms. The van der Waals surface area contributed by atoms with Gasteiger partial charge in [-0.1, -0.05) is 13.3 Å². The Kier molecular flexibility index (Phi) is 5.53. The minimum Gasteiger partial charge on any atom is -0.349 e. The number of benzene rings is 1. The number of hydrogen-bond donors (Lipinski definition) is 1. The molecule has 0 spiro atoms. The van der Waals surface area contributed by atoms with Crippen LogP contribution >= 0.6 is 0 Å². The van der Waals surface area contributed by atoms with Gasteiger partial charge >= 0.3 is 0 Å². The molecule has 3 aliphatic rings. The highest BCUT2D eigenvalue weighted by molar-refractivity contribution is 7.89. The number of piperidine rings is 1. The number of hydrogen-bond acceptors (Lipinski definition) is 3. The van der Waals surface area contributed by atoms with Crippen LogP contribution < -0.4 is 5.32 Å². The molecule has 1 amide bonds. The molecule has 0 aromatic heterocycles. The summed E-state index contributed by atoms with van der Waals surface area (Å²) >= 11 is 0. The van der Waals surface area contributed by atoms with Gasteiger partial charge in [-0.15, -0.1) is 0 Å². The summed E-state index contributed by atoms with van der Waals surface area (Å²) < 4.78 is 27.2. The maximum atomic E-state index is 12.8. The first kappa shape index (κ1) is 19.9. The van der Waals surface area contributed by atoms with Crippen LogP contribution in [0.4, 0.5) is 0 Å². The predicted molar refractivity (Wildman–Crippen MR) is 109 cm³/mol. The van der Waals surface area contributed by atoms with Crippen molar-refractivity contribution >= 4 is 15.9 Å². The van der Waals surface area contributed by atoms with E-state index in [-0.39, 0.29) is 16.8 Å². The molecule has 2 aliphatic carbocycles. The van der Waals surface area contributed by atoms with Gasteiger partial charge in [-0.05, 0) is 87.0 Å². The summed E-state index contributed by atoms with van der Waals surface area (Å²) in [7, 11) is -3.47. The van der Waals surface area contributed by atoms with Crippen molar-refractivity contribution in [3.05, 3.63) is 29.8 Å². The van der Waals surface area contributed by atoms with E-state index in [0.29, 0.717) is 30.5 Å². The Morgan fingerprint density at radius 3 is 2.32 bits per heavy atom. The predicted octanol–water partition coefficient (Wildman–Crippen LogP) is 3.66. The molecule has 0 radical (unpaired) electrons. The standard InChI is InChI=1S/C22H32N2O3S/c1-15-9-11-24(12-10-15)28(26,27)20-7-5-18(6-8-20)22(25)23-16(2)21-14-17-3-4-19(21)13-17/h5-8,15-17,19,21H,3-4,9-14H2,1-2H3,(H,23,25). The molecule has 1 aromatic rings. The number of nitrogens with zero attached hydrogens (tertiary/aromatic N) is 1. The lowest BCUT2D eigenvalue weighted by atomic mass is 9.84. The normalized spacial score (nSPS) is 29.7. The van der Waals surface area contributed by atoms with E-state index in [1.54, 1.807) is 28.6 Å². The van der Waals surface area contributed by atoms with Crippen molar-refractivity contribution in [1.82, 2.24) is 9.62 Å². The van der Waals surface area contributed by atoms with Crippen molar-refractivity contribution in [3.8, 4) is 0 Å². The topological polar surface area (TPSA) is 66.5 Å². The van der Waals surface area contributed by atoms with E-state index in [1.165, 1.54) is 25.7 Å². The van der Waals surface area contributed by atoms with E-state index in [9.17, 15) is 13.2 Å². The fourth-order valence-corrected chi connectivity index (χ4v) is 6.93. The summed E-state index contributed by atoms with van der Waals surface area (Å²) in [5, 5.41) is 3.15. The van der Waals surface area contributed by atoms with E-state index < -0.39 is 10.0 Å². The third kappa shape index (κ3) is 3.86. The van der Waals surface area contributed by atoms with E-state index >= 15 is 0 Å². The molecule has 1 N–H and O–H groups in total. The molecule has 4 unspecified atom stereocenters. The Balaban J connectivity index is 1.39. The third-order valence-electron chi connectivity index (χ3n) is 7.29. The maximum absolute atomic E-state index is 12.8. The SMILES string of the molecule is CC1CCN(S(=O)(=O)c2ccc(C(=O)NC(C)C3CC4CCC3C4)cc2)CC1. The van der Waals surface area contributed by atoms with Crippen LogP contribution in [-0.4, -0.2) is 37.8 Å². The summed E-state index contributed by atoms with van der Waals surface area (Å²) in [5.41, 5.74) is 0.529. The van der Waals surface area contributed by atoms with Crippen LogP contribution in [0.1, 0.15) is 62.7 Å². The Morgan fingerprint density at radius 1 is 1.07 bits per heavy atom. The molecule has 1 aliphatic heterocycles. The molecule has 5 nitrogen and oxygen atoms in total. The second-order valence-corrected chi connectivity index (χ2v) is 11.1. The second-order valence-electron chi connectivity index (χ2n) is 9.21. The Morgan fingerprint density at radius 2 is 1.75 bits per heavy atom. The smallest absolute Gasteiger partial charge is 0.251 e. The second kappa shape index (κ2) is 7.79. The zero-order chi connectivity index (χ0) is 19.9. The molecule has 1 aromatic carbocycles. The molecule has 154 valence electrons. The third-order valence-corrected chi connectivity index (χ3v) is 9.20. The lowest BCUT2D eigenvalue weighted by molar-refractivity contribution is 0.0915. The van der Waals surface area contributed by atoms with Gasteiger partial charge in [-0.25, -0.2) is 8.42 Å². The number of fused-ring (bicyclic) bond motifs is 2. The minimum absolute atomic E-state index is 0.106. The first-order chi connectivity index (χ1) is 13.3. The van der Waals surface area contributed by atoms with Crippen LogP contribution in [0, 0.1) is 23.7 Å². The minimum atomic E-state index is -3.47. The van der Waals surface area contributed by atoms with Crippen LogP contribution in [0.2, 0.25) is 0 Å². The van der Waals surface area contributed by atoms with Gasteiger partial charge in [0.15, 0.2) is 0 Å². The Hall–Kier alpha value is -1.40. The lowest BCUT2D eigenvalue weighted by Gasteiger charge is -2.29. The van der Waals surface area contributed by atoms with Crippen LogP contribution in [0.5, 0.6) is 0 Å². The molecular formula is C22H32N2O3S. The number of carbonyl (C=O) groups is 1. The number of carbonyl (C=O) groups excluding carboxylic acids is 1. The van der Waals surface area contributed by atoms with Crippen molar-refractivity contribution in [2.45, 2.75) is 63.3 Å². The number of rotatable bonds is 5. The van der Waals surface area contributed by atoms with Crippen molar-refractivity contribution in [1.29, 1.82) is 0 Å². The molecule has 1 saturated heterocycles. The van der Waals surface area contributed by atoms with Gasteiger partial charge in [0.1, 0.15) is 0 Å². The monoisotopic (exact) mass is 404 g/mol. The van der Waals surface area contributed by atoms with Crippen molar-refractivity contribution in [2.24, 2.45) is 23.7 Å². The average molecular weight is 405 g/mol. The van der Waals surface area contributed by atoms with Gasteiger partial charge in [-0.2, -0.15) is 4.31 Å². The molecule has 4 atom stereocenters. The number of nitrogens with one attached hydrogen (secondary N) is 1. The summed E-state index contributed by atoms with van der Waals surface area (Å²) in [6.45, 7) is 5.42. The van der Waals surface area contributed by atoms with E-state index in [1.807, 2.05) is 0 Å². The number of amides is 1. The highest BCUT2D eigenvalue weighted by Gasteiger charge is 2.42. The molecule has 1 heterocycles. The zero-order valence-corrected chi connectivity index (χ0v) is 17.7. The Labute approximate surface area is 168 Å². The van der Waals surface area contributed by atoms with Gasteiger partial charge in [0, 0.05) is 24.7 Å². The van der Waals surface area contributed by atoms with Gasteiger partial charge in [0.2, 0.25) is 10.0 Å². The lowest BCUT2D eigenvalue weighted by Crippen LogP contribution is -2.40. The van der Waals surface area contributed by atoms with E-state index in [2.05, 4.69) is 19.2 Å². The highest BCUT2D eigenvalue weighted by atomic mass is 32.2. The van der Waals surface area contributed by atoms with Gasteiger partial charge in [0.25, 0.3) is 5.91 Å². The van der Waals surface area contributed by atoms with Crippen molar-refractivity contribution in [3.63, 3.8) is 0 Å². The first-order valence-electron chi connectivity index (χ1n) is 10.8. The molecule has 3 fully saturated rings. The molecular weight excluding hydrogens is 372 g/mol. The fourth-order valence-electron chi connectivity index (χ4n) is 5.46. The molecule has 6 heteroatoms. The largest absolute Gasteiger partial charge is 0.349 e. The van der Waals surface area contributed by atoms with Crippen LogP contribution in [0.3, 0.4) is 0 Å². The van der Waals surface area contributed by atoms with E-state index in [4.69, 9.17) is 0 Å². The molecule has 4 rings (SSSR count). The van der Waals surface area contributed by atoms with Crippen LogP contribution in [-0.2, 0) is 10.0 Å². The Bertz CT molecular complexity index is 813. The van der Waals surface area contributed by atoms with Gasteiger partial charge in [-0.3, -0.25) is 4.79 Å². The number of sulfonamides is 1. The average Bonchev–Trinajstić information content (AvgIpc) is 3.32. The molecule has 28 heavy (non-hydrogen) atoms.